The highest BCUT2D eigenvalue weighted by Gasteiger charge is 2.01. The van der Waals surface area contributed by atoms with Gasteiger partial charge in [-0.2, -0.15) is 5.26 Å². The van der Waals surface area contributed by atoms with Crippen molar-refractivity contribution in [1.29, 1.82) is 5.26 Å². The molecule has 0 aliphatic heterocycles. The normalized spacial score (nSPS) is 11.6. The number of ether oxygens (including phenoxy) is 1. The average Bonchev–Trinajstić information content (AvgIpc) is 1.87. The minimum absolute atomic E-state index is 0.263. The van der Waals surface area contributed by atoms with Crippen LogP contribution in [0.15, 0.2) is 0 Å². The molecule has 0 saturated carbocycles. The Morgan fingerprint density at radius 2 is 2.45 bits per heavy atom. The zero-order valence-corrected chi connectivity index (χ0v) is 6.54. The van der Waals surface area contributed by atoms with Gasteiger partial charge >= 0.3 is 6.09 Å². The van der Waals surface area contributed by atoms with E-state index in [-0.39, 0.29) is 5.92 Å². The molecule has 0 bridgehead atoms. The van der Waals surface area contributed by atoms with Gasteiger partial charge in [0.05, 0.1) is 12.7 Å². The Labute approximate surface area is 65.9 Å². The van der Waals surface area contributed by atoms with Crippen molar-refractivity contribution >= 4 is 6.09 Å². The summed E-state index contributed by atoms with van der Waals surface area (Å²) >= 11 is 0. The van der Waals surface area contributed by atoms with Gasteiger partial charge in [-0.1, -0.05) is 6.92 Å². The van der Waals surface area contributed by atoms with Gasteiger partial charge in [0.1, 0.15) is 0 Å². The SMILES string of the molecule is C[C@@H](CC#N)CCOC(N)=O. The Morgan fingerprint density at radius 3 is 2.91 bits per heavy atom. The van der Waals surface area contributed by atoms with Gasteiger partial charge < -0.3 is 10.5 Å². The summed E-state index contributed by atoms with van der Waals surface area (Å²) < 4.78 is 4.49. The lowest BCUT2D eigenvalue weighted by Gasteiger charge is -2.05. The van der Waals surface area contributed by atoms with Gasteiger partial charge in [-0.15, -0.1) is 0 Å². The molecule has 4 nitrogen and oxygen atoms in total. The lowest BCUT2D eigenvalue weighted by atomic mass is 10.1. The molecule has 1 atom stereocenters. The first-order valence-electron chi connectivity index (χ1n) is 3.46. The first-order valence-corrected chi connectivity index (χ1v) is 3.46. The van der Waals surface area contributed by atoms with Crippen LogP contribution in [0, 0.1) is 17.2 Å². The van der Waals surface area contributed by atoms with Crippen molar-refractivity contribution in [3.63, 3.8) is 0 Å². The average molecular weight is 156 g/mol. The molecule has 0 fully saturated rings. The van der Waals surface area contributed by atoms with Crippen LogP contribution in [-0.4, -0.2) is 12.7 Å². The Morgan fingerprint density at radius 1 is 1.82 bits per heavy atom. The molecular formula is C7H12N2O2. The summed E-state index contributed by atoms with van der Waals surface area (Å²) in [5, 5.41) is 8.26. The highest BCUT2D eigenvalue weighted by atomic mass is 16.5. The van der Waals surface area contributed by atoms with E-state index in [0.717, 1.165) is 0 Å². The van der Waals surface area contributed by atoms with E-state index in [0.29, 0.717) is 19.4 Å². The molecule has 2 N–H and O–H groups in total. The standard InChI is InChI=1S/C7H12N2O2/c1-6(2-4-8)3-5-11-7(9)10/h6H,2-3,5H2,1H3,(H2,9,10)/t6-/m0/s1. The smallest absolute Gasteiger partial charge is 0.404 e. The van der Waals surface area contributed by atoms with Crippen molar-refractivity contribution in [1.82, 2.24) is 0 Å². The van der Waals surface area contributed by atoms with Gasteiger partial charge in [-0.25, -0.2) is 4.79 Å². The fourth-order valence-electron chi connectivity index (χ4n) is 0.619. The highest BCUT2D eigenvalue weighted by Crippen LogP contribution is 2.05. The number of nitrogens with zero attached hydrogens (tertiary/aromatic N) is 1. The van der Waals surface area contributed by atoms with Crippen molar-refractivity contribution in [2.24, 2.45) is 11.7 Å². The van der Waals surface area contributed by atoms with Crippen LogP contribution in [0.25, 0.3) is 0 Å². The monoisotopic (exact) mass is 156 g/mol. The number of carbonyl (C=O) groups excluding carboxylic acids is 1. The second-order valence-electron chi connectivity index (χ2n) is 2.42. The van der Waals surface area contributed by atoms with Gasteiger partial charge in [0.2, 0.25) is 0 Å². The van der Waals surface area contributed by atoms with Crippen LogP contribution in [0.1, 0.15) is 19.8 Å². The summed E-state index contributed by atoms with van der Waals surface area (Å²) in [6.07, 6.45) is 0.424. The number of primary amides is 1. The number of rotatable bonds is 4. The van der Waals surface area contributed by atoms with E-state index in [1.807, 2.05) is 13.0 Å². The molecule has 0 saturated heterocycles. The van der Waals surface area contributed by atoms with E-state index >= 15 is 0 Å². The summed E-state index contributed by atoms with van der Waals surface area (Å²) in [5.41, 5.74) is 4.73. The molecule has 0 aromatic heterocycles. The Balaban J connectivity index is 3.25. The number of hydrogen-bond donors (Lipinski definition) is 1. The predicted octanol–water partition coefficient (Wildman–Crippen LogP) is 1.02. The highest BCUT2D eigenvalue weighted by molar-refractivity contribution is 5.64. The number of carbonyl (C=O) groups is 1. The van der Waals surface area contributed by atoms with Crippen LogP contribution in [0.5, 0.6) is 0 Å². The van der Waals surface area contributed by atoms with Gasteiger partial charge in [0, 0.05) is 6.42 Å². The third-order valence-electron chi connectivity index (χ3n) is 1.29. The van der Waals surface area contributed by atoms with Crippen LogP contribution in [-0.2, 0) is 4.74 Å². The lowest BCUT2D eigenvalue weighted by Crippen LogP contribution is -2.14. The fraction of sp³-hybridized carbons (Fsp3) is 0.714. The van der Waals surface area contributed by atoms with E-state index in [4.69, 9.17) is 11.0 Å². The Hall–Kier alpha value is -1.24. The maximum absolute atomic E-state index is 10.1. The molecule has 4 heteroatoms. The van der Waals surface area contributed by atoms with Crippen molar-refractivity contribution in [3.05, 3.63) is 0 Å². The van der Waals surface area contributed by atoms with Crippen molar-refractivity contribution in [2.45, 2.75) is 19.8 Å². The van der Waals surface area contributed by atoms with Gasteiger partial charge in [-0.05, 0) is 12.3 Å². The molecule has 0 aliphatic rings. The van der Waals surface area contributed by atoms with Crippen molar-refractivity contribution in [2.75, 3.05) is 6.61 Å². The van der Waals surface area contributed by atoms with Crippen LogP contribution >= 0.6 is 0 Å². The molecule has 0 aromatic carbocycles. The molecule has 62 valence electrons. The molecule has 0 spiro atoms. The summed E-state index contributed by atoms with van der Waals surface area (Å²) in [6.45, 7) is 2.23. The molecule has 0 aliphatic carbocycles. The maximum Gasteiger partial charge on any atom is 0.404 e. The van der Waals surface area contributed by atoms with Crippen LogP contribution < -0.4 is 5.73 Å². The molecule has 0 aromatic rings. The van der Waals surface area contributed by atoms with Gasteiger partial charge in [0.25, 0.3) is 0 Å². The second-order valence-corrected chi connectivity index (χ2v) is 2.42. The number of hydrogen-bond acceptors (Lipinski definition) is 3. The van der Waals surface area contributed by atoms with Crippen LogP contribution in [0.3, 0.4) is 0 Å². The van der Waals surface area contributed by atoms with Crippen LogP contribution in [0.4, 0.5) is 4.79 Å². The minimum Gasteiger partial charge on any atom is -0.450 e. The molecule has 0 radical (unpaired) electrons. The minimum atomic E-state index is -0.755. The van der Waals surface area contributed by atoms with Crippen molar-refractivity contribution in [3.8, 4) is 6.07 Å². The maximum atomic E-state index is 10.1. The number of nitrogens with two attached hydrogens (primary N) is 1. The Kier molecular flexibility index (Phi) is 4.91. The fourth-order valence-corrected chi connectivity index (χ4v) is 0.619. The summed E-state index contributed by atoms with van der Waals surface area (Å²) in [4.78, 5) is 10.1. The van der Waals surface area contributed by atoms with E-state index < -0.39 is 6.09 Å². The van der Waals surface area contributed by atoms with Gasteiger partial charge in [0.15, 0.2) is 0 Å². The van der Waals surface area contributed by atoms with Crippen LogP contribution in [0.2, 0.25) is 0 Å². The zero-order valence-electron chi connectivity index (χ0n) is 6.54. The van der Waals surface area contributed by atoms with Crippen molar-refractivity contribution < 1.29 is 9.53 Å². The quantitative estimate of drug-likeness (QED) is 0.660. The first-order chi connectivity index (χ1) is 5.16. The summed E-state index contributed by atoms with van der Waals surface area (Å²) in [6, 6.07) is 2.03. The second kappa shape index (κ2) is 5.54. The first kappa shape index (κ1) is 9.76. The Bertz CT molecular complexity index is 162. The molecule has 0 unspecified atom stereocenters. The molecule has 0 rings (SSSR count). The lowest BCUT2D eigenvalue weighted by molar-refractivity contribution is 0.150. The number of amides is 1. The van der Waals surface area contributed by atoms with E-state index in [1.54, 1.807) is 0 Å². The topological polar surface area (TPSA) is 76.1 Å². The van der Waals surface area contributed by atoms with E-state index in [2.05, 4.69) is 4.74 Å². The van der Waals surface area contributed by atoms with Gasteiger partial charge in [-0.3, -0.25) is 0 Å². The molecule has 11 heavy (non-hydrogen) atoms. The molecular weight excluding hydrogens is 144 g/mol. The molecule has 0 heterocycles. The summed E-state index contributed by atoms with van der Waals surface area (Å²) in [7, 11) is 0. The third-order valence-corrected chi connectivity index (χ3v) is 1.29. The summed E-state index contributed by atoms with van der Waals surface area (Å²) in [5.74, 6) is 0.263. The third kappa shape index (κ3) is 6.65. The molecule has 1 amide bonds. The van der Waals surface area contributed by atoms with E-state index in [9.17, 15) is 4.79 Å². The zero-order chi connectivity index (χ0) is 8.69. The number of nitriles is 1. The predicted molar refractivity (Wildman–Crippen MR) is 39.5 cm³/mol. The van der Waals surface area contributed by atoms with E-state index in [1.165, 1.54) is 0 Å². The largest absolute Gasteiger partial charge is 0.450 e.